The van der Waals surface area contributed by atoms with Crippen LogP contribution in [-0.2, 0) is 0 Å². The Morgan fingerprint density at radius 1 is 1.14 bits per heavy atom. The topological polar surface area (TPSA) is 36.4 Å². The molecule has 0 fully saturated rings. The minimum atomic E-state index is -0.283. The van der Waals surface area contributed by atoms with E-state index in [-0.39, 0.29) is 11.7 Å². The molecule has 0 saturated heterocycles. The monoisotopic (exact) mass is 301 g/mol. The van der Waals surface area contributed by atoms with Crippen molar-refractivity contribution in [2.24, 2.45) is 5.10 Å². The van der Waals surface area contributed by atoms with Gasteiger partial charge in [0.2, 0.25) is 0 Å². The van der Waals surface area contributed by atoms with Crippen molar-refractivity contribution in [3.63, 3.8) is 0 Å². The SMILES string of the molecule is C[C@H](/C=N\NC(=S)Nc1ccc(F)cc1)c1ccccc1. The van der Waals surface area contributed by atoms with Crippen molar-refractivity contribution in [3.8, 4) is 0 Å². The van der Waals surface area contributed by atoms with Gasteiger partial charge in [-0.1, -0.05) is 37.3 Å². The summed E-state index contributed by atoms with van der Waals surface area (Å²) in [6.07, 6.45) is 1.79. The third-order valence-corrected chi connectivity index (χ3v) is 3.09. The molecule has 0 amide bonds. The van der Waals surface area contributed by atoms with E-state index in [2.05, 4.69) is 22.8 Å². The maximum absolute atomic E-state index is 12.8. The molecule has 0 unspecified atom stereocenters. The molecule has 0 heterocycles. The number of hydrogen-bond acceptors (Lipinski definition) is 2. The van der Waals surface area contributed by atoms with Crippen LogP contribution >= 0.6 is 12.2 Å². The van der Waals surface area contributed by atoms with E-state index in [0.29, 0.717) is 10.8 Å². The molecule has 0 aliphatic carbocycles. The Balaban J connectivity index is 1.83. The molecular weight excluding hydrogens is 285 g/mol. The van der Waals surface area contributed by atoms with Crippen LogP contribution in [0, 0.1) is 5.82 Å². The molecule has 2 N–H and O–H groups in total. The molecule has 108 valence electrons. The van der Waals surface area contributed by atoms with E-state index < -0.39 is 0 Å². The van der Waals surface area contributed by atoms with Crippen LogP contribution in [-0.4, -0.2) is 11.3 Å². The largest absolute Gasteiger partial charge is 0.331 e. The smallest absolute Gasteiger partial charge is 0.191 e. The van der Waals surface area contributed by atoms with Crippen LogP contribution in [0.15, 0.2) is 59.7 Å². The number of nitrogens with zero attached hydrogens (tertiary/aromatic N) is 1. The van der Waals surface area contributed by atoms with Gasteiger partial charge in [-0.2, -0.15) is 5.10 Å². The van der Waals surface area contributed by atoms with Crippen LogP contribution in [0.3, 0.4) is 0 Å². The fourth-order valence-electron chi connectivity index (χ4n) is 1.74. The van der Waals surface area contributed by atoms with Crippen LogP contribution in [0.1, 0.15) is 18.4 Å². The van der Waals surface area contributed by atoms with Gasteiger partial charge in [0.15, 0.2) is 5.11 Å². The molecule has 5 heteroatoms. The molecule has 0 bridgehead atoms. The van der Waals surface area contributed by atoms with E-state index >= 15 is 0 Å². The zero-order valence-corrected chi connectivity index (χ0v) is 12.4. The van der Waals surface area contributed by atoms with Crippen molar-refractivity contribution in [1.29, 1.82) is 0 Å². The number of anilines is 1. The van der Waals surface area contributed by atoms with Crippen LogP contribution in [0.5, 0.6) is 0 Å². The highest BCUT2D eigenvalue weighted by molar-refractivity contribution is 7.80. The van der Waals surface area contributed by atoms with Gasteiger partial charge in [-0.25, -0.2) is 4.39 Å². The zero-order valence-electron chi connectivity index (χ0n) is 11.6. The first-order valence-electron chi connectivity index (χ1n) is 6.56. The average molecular weight is 301 g/mol. The summed E-state index contributed by atoms with van der Waals surface area (Å²) in [6.45, 7) is 2.05. The molecule has 0 aromatic heterocycles. The van der Waals surface area contributed by atoms with E-state index in [4.69, 9.17) is 12.2 Å². The molecule has 1 atom stereocenters. The number of hydrogen-bond donors (Lipinski definition) is 2. The quantitative estimate of drug-likeness (QED) is 0.511. The van der Waals surface area contributed by atoms with E-state index in [0.717, 1.165) is 0 Å². The normalized spacial score (nSPS) is 12.1. The summed E-state index contributed by atoms with van der Waals surface area (Å²) < 4.78 is 12.8. The van der Waals surface area contributed by atoms with Crippen molar-refractivity contribution in [2.75, 3.05) is 5.32 Å². The number of nitrogens with one attached hydrogen (secondary N) is 2. The van der Waals surface area contributed by atoms with Gasteiger partial charge in [0.1, 0.15) is 5.82 Å². The molecule has 0 aliphatic heterocycles. The summed E-state index contributed by atoms with van der Waals surface area (Å²) in [6, 6.07) is 16.0. The number of halogens is 1. The van der Waals surface area contributed by atoms with Crippen LogP contribution in [0.25, 0.3) is 0 Å². The third-order valence-electron chi connectivity index (χ3n) is 2.89. The lowest BCUT2D eigenvalue weighted by Crippen LogP contribution is -2.24. The van der Waals surface area contributed by atoms with Gasteiger partial charge < -0.3 is 5.32 Å². The van der Waals surface area contributed by atoms with Gasteiger partial charge in [-0.15, -0.1) is 0 Å². The minimum Gasteiger partial charge on any atom is -0.331 e. The molecule has 3 nitrogen and oxygen atoms in total. The predicted molar refractivity (Wildman–Crippen MR) is 89.1 cm³/mol. The Morgan fingerprint density at radius 3 is 2.48 bits per heavy atom. The van der Waals surface area contributed by atoms with Crippen LogP contribution in [0.2, 0.25) is 0 Å². The molecule has 2 rings (SSSR count). The zero-order chi connectivity index (χ0) is 15.1. The summed E-state index contributed by atoms with van der Waals surface area (Å²) in [5.74, 6) is -0.0959. The maximum Gasteiger partial charge on any atom is 0.191 e. The van der Waals surface area contributed by atoms with Crippen molar-refractivity contribution in [3.05, 3.63) is 66.0 Å². The van der Waals surface area contributed by atoms with Crippen molar-refractivity contribution in [2.45, 2.75) is 12.8 Å². The number of benzene rings is 2. The fraction of sp³-hybridized carbons (Fsp3) is 0.125. The Hall–Kier alpha value is -2.27. The van der Waals surface area contributed by atoms with Gasteiger partial charge >= 0.3 is 0 Å². The van der Waals surface area contributed by atoms with Gasteiger partial charge in [-0.3, -0.25) is 5.43 Å². The van der Waals surface area contributed by atoms with Gasteiger partial charge in [0, 0.05) is 17.8 Å². The highest BCUT2D eigenvalue weighted by Gasteiger charge is 2.01. The second-order valence-electron chi connectivity index (χ2n) is 4.55. The van der Waals surface area contributed by atoms with Crippen LogP contribution < -0.4 is 10.7 Å². The average Bonchev–Trinajstić information content (AvgIpc) is 2.50. The lowest BCUT2D eigenvalue weighted by Gasteiger charge is -2.08. The van der Waals surface area contributed by atoms with Crippen molar-refractivity contribution >= 4 is 29.2 Å². The lowest BCUT2D eigenvalue weighted by atomic mass is 10.0. The van der Waals surface area contributed by atoms with Gasteiger partial charge in [0.05, 0.1) is 0 Å². The first-order valence-corrected chi connectivity index (χ1v) is 6.96. The predicted octanol–water partition coefficient (Wildman–Crippen LogP) is 3.90. The fourth-order valence-corrected chi connectivity index (χ4v) is 1.91. The van der Waals surface area contributed by atoms with Gasteiger partial charge in [0.25, 0.3) is 0 Å². The first-order chi connectivity index (χ1) is 10.1. The molecule has 0 spiro atoms. The highest BCUT2D eigenvalue weighted by Crippen LogP contribution is 2.11. The summed E-state index contributed by atoms with van der Waals surface area (Å²) in [5.41, 5.74) is 4.63. The Morgan fingerprint density at radius 2 is 1.81 bits per heavy atom. The summed E-state index contributed by atoms with van der Waals surface area (Å²) in [5, 5.41) is 7.39. The molecular formula is C16H16FN3S. The second kappa shape index (κ2) is 7.50. The summed E-state index contributed by atoms with van der Waals surface area (Å²) >= 11 is 5.11. The minimum absolute atomic E-state index is 0.187. The molecule has 0 saturated carbocycles. The van der Waals surface area contributed by atoms with Crippen molar-refractivity contribution in [1.82, 2.24) is 5.43 Å². The molecule has 0 radical (unpaired) electrons. The highest BCUT2D eigenvalue weighted by atomic mass is 32.1. The molecule has 2 aromatic rings. The second-order valence-corrected chi connectivity index (χ2v) is 4.96. The van der Waals surface area contributed by atoms with Crippen LogP contribution in [0.4, 0.5) is 10.1 Å². The molecule has 21 heavy (non-hydrogen) atoms. The van der Waals surface area contributed by atoms with Gasteiger partial charge in [-0.05, 0) is 42.0 Å². The van der Waals surface area contributed by atoms with Crippen molar-refractivity contribution < 1.29 is 4.39 Å². The standard InChI is InChI=1S/C16H16FN3S/c1-12(13-5-3-2-4-6-13)11-18-20-16(21)19-15-9-7-14(17)8-10-15/h2-12H,1H3,(H2,19,20,21)/b18-11-/t12-/m1/s1. The van der Waals surface area contributed by atoms with E-state index in [1.165, 1.54) is 17.7 Å². The lowest BCUT2D eigenvalue weighted by molar-refractivity contribution is 0.628. The Labute approximate surface area is 128 Å². The summed E-state index contributed by atoms with van der Waals surface area (Å²) in [7, 11) is 0. The number of hydrazone groups is 1. The van der Waals surface area contributed by atoms with E-state index in [1.54, 1.807) is 18.3 Å². The Bertz CT molecular complexity index is 611. The third kappa shape index (κ3) is 4.96. The first kappa shape index (κ1) is 15.1. The number of rotatable bonds is 4. The Kier molecular flexibility index (Phi) is 5.40. The maximum atomic E-state index is 12.8. The van der Waals surface area contributed by atoms with E-state index in [9.17, 15) is 4.39 Å². The summed E-state index contributed by atoms with van der Waals surface area (Å²) in [4.78, 5) is 0. The van der Waals surface area contributed by atoms with E-state index in [1.807, 2.05) is 30.3 Å². The molecule has 2 aromatic carbocycles. The molecule has 0 aliphatic rings. The number of thiocarbonyl (C=S) groups is 1.